The zero-order valence-corrected chi connectivity index (χ0v) is 10.7. The van der Waals surface area contributed by atoms with Gasteiger partial charge < -0.3 is 10.4 Å². The van der Waals surface area contributed by atoms with E-state index in [9.17, 15) is 14.3 Å². The number of phenolic OH excluding ortho intramolecular Hbond substituents is 1. The normalized spacial score (nSPS) is 10.1. The van der Waals surface area contributed by atoms with E-state index >= 15 is 0 Å². The van der Waals surface area contributed by atoms with Gasteiger partial charge in [-0.15, -0.1) is 0 Å². The lowest BCUT2D eigenvalue weighted by molar-refractivity contribution is 0.102. The highest BCUT2D eigenvalue weighted by Gasteiger charge is 2.08. The minimum atomic E-state index is -0.425. The quantitative estimate of drug-likeness (QED) is 0.891. The molecule has 2 rings (SSSR count). The van der Waals surface area contributed by atoms with Crippen LogP contribution in [0.3, 0.4) is 0 Å². The van der Waals surface area contributed by atoms with Crippen molar-refractivity contribution in [1.29, 1.82) is 0 Å². The van der Waals surface area contributed by atoms with Crippen LogP contribution in [0, 0.1) is 5.82 Å². The molecule has 0 aliphatic heterocycles. The number of halogens is 2. The number of amides is 1. The van der Waals surface area contributed by atoms with E-state index in [1.54, 1.807) is 18.2 Å². The molecule has 0 fully saturated rings. The van der Waals surface area contributed by atoms with Crippen molar-refractivity contribution in [2.24, 2.45) is 0 Å². The smallest absolute Gasteiger partial charge is 0.255 e. The van der Waals surface area contributed by atoms with Crippen molar-refractivity contribution >= 4 is 27.5 Å². The average molecular weight is 310 g/mol. The van der Waals surface area contributed by atoms with E-state index in [2.05, 4.69) is 21.2 Å². The summed E-state index contributed by atoms with van der Waals surface area (Å²) >= 11 is 3.12. The topological polar surface area (TPSA) is 49.3 Å². The van der Waals surface area contributed by atoms with Crippen LogP contribution in [0.25, 0.3) is 0 Å². The van der Waals surface area contributed by atoms with Gasteiger partial charge in [0.15, 0.2) is 0 Å². The number of rotatable bonds is 2. The third-order valence-electron chi connectivity index (χ3n) is 2.29. The summed E-state index contributed by atoms with van der Waals surface area (Å²) in [5.41, 5.74) is 0.655. The Hall–Kier alpha value is -1.88. The number of benzene rings is 2. The SMILES string of the molecule is O=C(Nc1cccc(F)c1)c1ccc(Br)c(O)c1. The lowest BCUT2D eigenvalue weighted by atomic mass is 10.2. The molecule has 0 saturated heterocycles. The molecule has 0 saturated carbocycles. The maximum atomic E-state index is 12.9. The van der Waals surface area contributed by atoms with Gasteiger partial charge in [0.2, 0.25) is 0 Å². The van der Waals surface area contributed by atoms with Gasteiger partial charge in [-0.05, 0) is 52.3 Å². The molecule has 0 unspecified atom stereocenters. The first-order chi connectivity index (χ1) is 8.56. The molecule has 3 nitrogen and oxygen atoms in total. The molecule has 2 aromatic rings. The summed E-state index contributed by atoms with van der Waals surface area (Å²) in [6.45, 7) is 0. The summed E-state index contributed by atoms with van der Waals surface area (Å²) < 4.78 is 13.4. The highest BCUT2D eigenvalue weighted by Crippen LogP contribution is 2.24. The largest absolute Gasteiger partial charge is 0.507 e. The number of anilines is 1. The predicted octanol–water partition coefficient (Wildman–Crippen LogP) is 3.55. The van der Waals surface area contributed by atoms with Gasteiger partial charge in [-0.3, -0.25) is 4.79 Å². The maximum Gasteiger partial charge on any atom is 0.255 e. The summed E-state index contributed by atoms with van der Waals surface area (Å²) in [7, 11) is 0. The number of phenols is 1. The van der Waals surface area contributed by atoms with E-state index in [4.69, 9.17) is 0 Å². The van der Waals surface area contributed by atoms with E-state index in [0.717, 1.165) is 0 Å². The van der Waals surface area contributed by atoms with Gasteiger partial charge in [-0.1, -0.05) is 6.07 Å². The lowest BCUT2D eigenvalue weighted by Gasteiger charge is -2.06. The third kappa shape index (κ3) is 2.87. The first kappa shape index (κ1) is 12.6. The molecular formula is C13H9BrFNO2. The fourth-order valence-electron chi connectivity index (χ4n) is 1.42. The highest BCUT2D eigenvalue weighted by atomic mass is 79.9. The highest BCUT2D eigenvalue weighted by molar-refractivity contribution is 9.10. The molecule has 5 heteroatoms. The van der Waals surface area contributed by atoms with Gasteiger partial charge in [-0.25, -0.2) is 4.39 Å². The standard InChI is InChI=1S/C13H9BrFNO2/c14-11-5-4-8(6-12(11)17)13(18)16-10-3-1-2-9(15)7-10/h1-7,17H,(H,16,18). The molecule has 0 aliphatic carbocycles. The second kappa shape index (κ2) is 5.18. The molecule has 0 spiro atoms. The van der Waals surface area contributed by atoms with E-state index < -0.39 is 11.7 Å². The Bertz CT molecular complexity index is 601. The zero-order chi connectivity index (χ0) is 13.1. The molecule has 0 radical (unpaired) electrons. The zero-order valence-electron chi connectivity index (χ0n) is 9.15. The van der Waals surface area contributed by atoms with Crippen LogP contribution in [-0.2, 0) is 0 Å². The lowest BCUT2D eigenvalue weighted by Crippen LogP contribution is -2.11. The third-order valence-corrected chi connectivity index (χ3v) is 2.96. The second-order valence-electron chi connectivity index (χ2n) is 3.63. The summed E-state index contributed by atoms with van der Waals surface area (Å²) in [6.07, 6.45) is 0. The van der Waals surface area contributed by atoms with Crippen molar-refractivity contribution < 1.29 is 14.3 Å². The molecule has 2 N–H and O–H groups in total. The monoisotopic (exact) mass is 309 g/mol. The van der Waals surface area contributed by atoms with Crippen molar-refractivity contribution in [2.45, 2.75) is 0 Å². The van der Waals surface area contributed by atoms with Gasteiger partial charge in [-0.2, -0.15) is 0 Å². The van der Waals surface area contributed by atoms with Gasteiger partial charge in [0.05, 0.1) is 4.47 Å². The van der Waals surface area contributed by atoms with E-state index in [0.29, 0.717) is 15.7 Å². The maximum absolute atomic E-state index is 12.9. The Labute approximate surface area is 111 Å². The molecule has 0 aliphatic rings. The molecule has 0 atom stereocenters. The van der Waals surface area contributed by atoms with Crippen molar-refractivity contribution in [2.75, 3.05) is 5.32 Å². The second-order valence-corrected chi connectivity index (χ2v) is 4.48. The Balaban J connectivity index is 2.19. The van der Waals surface area contributed by atoms with Crippen molar-refractivity contribution in [1.82, 2.24) is 0 Å². The number of hydrogen-bond donors (Lipinski definition) is 2. The number of nitrogens with one attached hydrogen (secondary N) is 1. The van der Waals surface area contributed by atoms with Crippen LogP contribution < -0.4 is 5.32 Å². The Kier molecular flexibility index (Phi) is 3.62. The number of hydrogen-bond acceptors (Lipinski definition) is 2. The molecule has 2 aromatic carbocycles. The summed E-state index contributed by atoms with van der Waals surface area (Å²) in [5, 5.41) is 12.0. The molecular weight excluding hydrogens is 301 g/mol. The van der Waals surface area contributed by atoms with E-state index in [1.165, 1.54) is 24.3 Å². The summed E-state index contributed by atoms with van der Waals surface area (Å²) in [4.78, 5) is 11.8. The number of carbonyl (C=O) groups is 1. The van der Waals surface area contributed by atoms with Crippen LogP contribution in [0.15, 0.2) is 46.9 Å². The van der Waals surface area contributed by atoms with Gasteiger partial charge in [0, 0.05) is 11.3 Å². The fraction of sp³-hybridized carbons (Fsp3) is 0. The first-order valence-corrected chi connectivity index (χ1v) is 5.91. The first-order valence-electron chi connectivity index (χ1n) is 5.12. The van der Waals surface area contributed by atoms with Crippen LogP contribution in [-0.4, -0.2) is 11.0 Å². The minimum absolute atomic E-state index is 0.0260. The van der Waals surface area contributed by atoms with Crippen LogP contribution in [0.4, 0.5) is 10.1 Å². The summed E-state index contributed by atoms with van der Waals surface area (Å²) in [5.74, 6) is -0.864. The van der Waals surface area contributed by atoms with Crippen LogP contribution >= 0.6 is 15.9 Å². The minimum Gasteiger partial charge on any atom is -0.507 e. The van der Waals surface area contributed by atoms with Gasteiger partial charge in [0.1, 0.15) is 11.6 Å². The van der Waals surface area contributed by atoms with Gasteiger partial charge >= 0.3 is 0 Å². The molecule has 0 bridgehead atoms. The summed E-state index contributed by atoms with van der Waals surface area (Å²) in [6, 6.07) is 10.0. The van der Waals surface area contributed by atoms with Crippen LogP contribution in [0.5, 0.6) is 5.75 Å². The van der Waals surface area contributed by atoms with E-state index in [-0.39, 0.29) is 5.75 Å². The number of aromatic hydroxyl groups is 1. The van der Waals surface area contributed by atoms with Gasteiger partial charge in [0.25, 0.3) is 5.91 Å². The Morgan fingerprint density at radius 1 is 1.22 bits per heavy atom. The molecule has 0 heterocycles. The average Bonchev–Trinajstić information content (AvgIpc) is 2.32. The number of carbonyl (C=O) groups excluding carboxylic acids is 1. The van der Waals surface area contributed by atoms with Crippen LogP contribution in [0.1, 0.15) is 10.4 Å². The predicted molar refractivity (Wildman–Crippen MR) is 70.2 cm³/mol. The Morgan fingerprint density at radius 3 is 2.67 bits per heavy atom. The Morgan fingerprint density at radius 2 is 2.00 bits per heavy atom. The van der Waals surface area contributed by atoms with Crippen LogP contribution in [0.2, 0.25) is 0 Å². The van der Waals surface area contributed by atoms with Crippen molar-refractivity contribution in [3.8, 4) is 5.75 Å². The van der Waals surface area contributed by atoms with E-state index in [1.807, 2.05) is 0 Å². The van der Waals surface area contributed by atoms with Crippen molar-refractivity contribution in [3.63, 3.8) is 0 Å². The molecule has 92 valence electrons. The van der Waals surface area contributed by atoms with Crippen molar-refractivity contribution in [3.05, 3.63) is 58.3 Å². The fourth-order valence-corrected chi connectivity index (χ4v) is 1.67. The molecule has 18 heavy (non-hydrogen) atoms. The molecule has 1 amide bonds. The molecule has 0 aromatic heterocycles.